The number of nitrogens with zero attached hydrogens (tertiary/aromatic N) is 1. The summed E-state index contributed by atoms with van der Waals surface area (Å²) in [6.07, 6.45) is 13.8. The maximum absolute atomic E-state index is 6.62. The normalized spacial score (nSPS) is 28.9. The predicted molar refractivity (Wildman–Crippen MR) is 76.3 cm³/mol. The smallest absolute Gasteiger partial charge is 0.0300 e. The summed E-state index contributed by atoms with van der Waals surface area (Å²) in [5.74, 6) is 0.911. The number of hydrogen-bond donors (Lipinski definition) is 1. The SMILES string of the molecule is CCCC1CCCC(N)(Cc2cccnc2)CC1. The van der Waals surface area contributed by atoms with Crippen molar-refractivity contribution in [2.45, 2.75) is 63.8 Å². The Bertz CT molecular complexity index is 349. The van der Waals surface area contributed by atoms with Crippen molar-refractivity contribution in [2.75, 3.05) is 0 Å². The van der Waals surface area contributed by atoms with Crippen molar-refractivity contribution in [2.24, 2.45) is 11.7 Å². The van der Waals surface area contributed by atoms with E-state index < -0.39 is 0 Å². The van der Waals surface area contributed by atoms with Crippen LogP contribution in [0.5, 0.6) is 0 Å². The second-order valence-electron chi connectivity index (χ2n) is 5.99. The number of aromatic nitrogens is 1. The van der Waals surface area contributed by atoms with Crippen LogP contribution in [0, 0.1) is 5.92 Å². The van der Waals surface area contributed by atoms with E-state index in [-0.39, 0.29) is 5.54 Å². The lowest BCUT2D eigenvalue weighted by Crippen LogP contribution is -2.41. The molecule has 2 nitrogen and oxygen atoms in total. The molecule has 1 saturated carbocycles. The highest BCUT2D eigenvalue weighted by atomic mass is 14.7. The first-order chi connectivity index (χ1) is 8.72. The molecule has 0 radical (unpaired) electrons. The van der Waals surface area contributed by atoms with Crippen LogP contribution in [0.1, 0.15) is 57.4 Å². The topological polar surface area (TPSA) is 38.9 Å². The van der Waals surface area contributed by atoms with Gasteiger partial charge in [0.15, 0.2) is 0 Å². The van der Waals surface area contributed by atoms with Crippen molar-refractivity contribution in [1.82, 2.24) is 4.98 Å². The Morgan fingerprint density at radius 3 is 3.00 bits per heavy atom. The van der Waals surface area contributed by atoms with Crippen molar-refractivity contribution in [3.63, 3.8) is 0 Å². The minimum atomic E-state index is 0.00548. The highest BCUT2D eigenvalue weighted by Crippen LogP contribution is 2.33. The molecule has 1 aliphatic carbocycles. The monoisotopic (exact) mass is 246 g/mol. The molecule has 2 atom stereocenters. The molecule has 18 heavy (non-hydrogen) atoms. The molecule has 0 aliphatic heterocycles. The second-order valence-corrected chi connectivity index (χ2v) is 5.99. The van der Waals surface area contributed by atoms with Crippen LogP contribution in [0.3, 0.4) is 0 Å². The molecule has 1 aromatic heterocycles. The molecule has 1 heterocycles. The van der Waals surface area contributed by atoms with E-state index in [4.69, 9.17) is 5.73 Å². The third-order valence-corrected chi connectivity index (χ3v) is 4.31. The number of pyridine rings is 1. The van der Waals surface area contributed by atoms with E-state index in [0.717, 1.165) is 12.3 Å². The van der Waals surface area contributed by atoms with Gasteiger partial charge < -0.3 is 5.73 Å². The molecule has 2 rings (SSSR count). The zero-order chi connectivity index (χ0) is 12.8. The molecule has 1 aliphatic rings. The molecule has 100 valence electrons. The molecule has 0 bridgehead atoms. The first-order valence-corrected chi connectivity index (χ1v) is 7.40. The van der Waals surface area contributed by atoms with E-state index in [1.807, 2.05) is 18.5 Å². The average Bonchev–Trinajstić information content (AvgIpc) is 2.54. The molecule has 0 aromatic carbocycles. The van der Waals surface area contributed by atoms with Gasteiger partial charge in [-0.15, -0.1) is 0 Å². The lowest BCUT2D eigenvalue weighted by Gasteiger charge is -2.28. The first kappa shape index (κ1) is 13.5. The van der Waals surface area contributed by atoms with Crippen molar-refractivity contribution in [3.05, 3.63) is 30.1 Å². The van der Waals surface area contributed by atoms with E-state index in [1.165, 1.54) is 50.5 Å². The second kappa shape index (κ2) is 6.33. The van der Waals surface area contributed by atoms with Gasteiger partial charge in [0.25, 0.3) is 0 Å². The molecular formula is C16H26N2. The lowest BCUT2D eigenvalue weighted by molar-refractivity contribution is 0.355. The van der Waals surface area contributed by atoms with E-state index in [1.54, 1.807) is 0 Å². The van der Waals surface area contributed by atoms with Crippen molar-refractivity contribution < 1.29 is 0 Å². The van der Waals surface area contributed by atoms with Crippen molar-refractivity contribution >= 4 is 0 Å². The van der Waals surface area contributed by atoms with E-state index >= 15 is 0 Å². The third-order valence-electron chi connectivity index (χ3n) is 4.31. The Morgan fingerprint density at radius 1 is 1.39 bits per heavy atom. The zero-order valence-corrected chi connectivity index (χ0v) is 11.6. The molecule has 1 fully saturated rings. The molecule has 2 unspecified atom stereocenters. The molecule has 1 aromatic rings. The average molecular weight is 246 g/mol. The first-order valence-electron chi connectivity index (χ1n) is 7.40. The summed E-state index contributed by atoms with van der Waals surface area (Å²) in [6.45, 7) is 2.29. The molecule has 0 saturated heterocycles. The Balaban J connectivity index is 1.95. The van der Waals surface area contributed by atoms with Crippen LogP contribution in [0.25, 0.3) is 0 Å². The summed E-state index contributed by atoms with van der Waals surface area (Å²) in [4.78, 5) is 4.19. The number of rotatable bonds is 4. The Labute approximate surface area is 111 Å². The van der Waals surface area contributed by atoms with Gasteiger partial charge in [-0.1, -0.05) is 38.7 Å². The lowest BCUT2D eigenvalue weighted by atomic mass is 9.85. The van der Waals surface area contributed by atoms with Gasteiger partial charge in [-0.3, -0.25) is 4.98 Å². The Hall–Kier alpha value is -0.890. The van der Waals surface area contributed by atoms with Crippen molar-refractivity contribution in [1.29, 1.82) is 0 Å². The van der Waals surface area contributed by atoms with E-state index in [9.17, 15) is 0 Å². The Kier molecular flexibility index (Phi) is 4.76. The van der Waals surface area contributed by atoms with Gasteiger partial charge in [0.2, 0.25) is 0 Å². The van der Waals surface area contributed by atoms with Gasteiger partial charge in [-0.25, -0.2) is 0 Å². The highest BCUT2D eigenvalue weighted by molar-refractivity contribution is 5.13. The fourth-order valence-corrected chi connectivity index (χ4v) is 3.29. The molecular weight excluding hydrogens is 220 g/mol. The summed E-state index contributed by atoms with van der Waals surface area (Å²) in [5, 5.41) is 0. The van der Waals surface area contributed by atoms with Gasteiger partial charge in [-0.05, 0) is 43.2 Å². The minimum absolute atomic E-state index is 0.00548. The van der Waals surface area contributed by atoms with Crippen LogP contribution < -0.4 is 5.73 Å². The fraction of sp³-hybridized carbons (Fsp3) is 0.688. The minimum Gasteiger partial charge on any atom is -0.325 e. The molecule has 2 N–H and O–H groups in total. The summed E-state index contributed by atoms with van der Waals surface area (Å²) in [7, 11) is 0. The standard InChI is InChI=1S/C16H26N2/c1-2-5-14-6-3-9-16(17,10-8-14)12-15-7-4-11-18-13-15/h4,7,11,13-14H,2-3,5-6,8-10,12,17H2,1H3. The number of hydrogen-bond acceptors (Lipinski definition) is 2. The van der Waals surface area contributed by atoms with Gasteiger partial charge in [0.1, 0.15) is 0 Å². The Morgan fingerprint density at radius 2 is 2.28 bits per heavy atom. The van der Waals surface area contributed by atoms with Crippen LogP contribution in [0.15, 0.2) is 24.5 Å². The summed E-state index contributed by atoms with van der Waals surface area (Å²) in [6, 6.07) is 4.16. The van der Waals surface area contributed by atoms with Gasteiger partial charge >= 0.3 is 0 Å². The van der Waals surface area contributed by atoms with Gasteiger partial charge in [-0.2, -0.15) is 0 Å². The molecule has 2 heteroatoms. The summed E-state index contributed by atoms with van der Waals surface area (Å²) >= 11 is 0. The fourth-order valence-electron chi connectivity index (χ4n) is 3.29. The van der Waals surface area contributed by atoms with Gasteiger partial charge in [0.05, 0.1) is 0 Å². The van der Waals surface area contributed by atoms with E-state index in [0.29, 0.717) is 0 Å². The largest absolute Gasteiger partial charge is 0.325 e. The highest BCUT2D eigenvalue weighted by Gasteiger charge is 2.29. The maximum Gasteiger partial charge on any atom is 0.0300 e. The van der Waals surface area contributed by atoms with Crippen molar-refractivity contribution in [3.8, 4) is 0 Å². The maximum atomic E-state index is 6.62. The van der Waals surface area contributed by atoms with Crippen LogP contribution >= 0.6 is 0 Å². The van der Waals surface area contributed by atoms with Crippen LogP contribution in [-0.2, 0) is 6.42 Å². The molecule has 0 spiro atoms. The number of nitrogens with two attached hydrogens (primary N) is 1. The third kappa shape index (κ3) is 3.81. The zero-order valence-electron chi connectivity index (χ0n) is 11.6. The summed E-state index contributed by atoms with van der Waals surface area (Å²) in [5.41, 5.74) is 7.91. The van der Waals surface area contributed by atoms with E-state index in [2.05, 4.69) is 18.0 Å². The van der Waals surface area contributed by atoms with Crippen LogP contribution in [0.2, 0.25) is 0 Å². The predicted octanol–water partition coefficient (Wildman–Crippen LogP) is 3.70. The quantitative estimate of drug-likeness (QED) is 0.823. The van der Waals surface area contributed by atoms with Crippen LogP contribution in [0.4, 0.5) is 0 Å². The summed E-state index contributed by atoms with van der Waals surface area (Å²) < 4.78 is 0. The molecule has 0 amide bonds. The van der Waals surface area contributed by atoms with Crippen LogP contribution in [-0.4, -0.2) is 10.5 Å². The van der Waals surface area contributed by atoms with Gasteiger partial charge in [0, 0.05) is 17.9 Å².